The molecule has 0 spiro atoms. The Bertz CT molecular complexity index is 1250. The standard InChI is InChI=1S/C26H28ClF3N4O4S/c27-22-8-7-21(39-22)25(37)31-12-20(34(16-3-4-16)13-15-1-2-15)24(36)32-19-6-5-17(11-18(19)26(28,29)30)33-9-10-38-14-23(33)35/h5-8,11,15-16,20H,1-4,9-10,12-14H2,(H,31,37)(H,32,36)/t20-/m1/s1. The van der Waals surface area contributed by atoms with Crippen LogP contribution in [0.4, 0.5) is 24.5 Å². The summed E-state index contributed by atoms with van der Waals surface area (Å²) < 4.78 is 47.8. The van der Waals surface area contributed by atoms with Gasteiger partial charge >= 0.3 is 6.18 Å². The van der Waals surface area contributed by atoms with Crippen molar-refractivity contribution in [3.8, 4) is 0 Å². The summed E-state index contributed by atoms with van der Waals surface area (Å²) in [6.07, 6.45) is -0.919. The van der Waals surface area contributed by atoms with E-state index in [0.717, 1.165) is 43.1 Å². The Hall–Kier alpha value is -2.67. The van der Waals surface area contributed by atoms with Crippen LogP contribution >= 0.6 is 22.9 Å². The summed E-state index contributed by atoms with van der Waals surface area (Å²) in [4.78, 5) is 42.1. The Morgan fingerprint density at radius 3 is 2.56 bits per heavy atom. The molecule has 0 unspecified atom stereocenters. The van der Waals surface area contributed by atoms with Crippen LogP contribution in [0.2, 0.25) is 4.34 Å². The molecule has 13 heteroatoms. The third-order valence-corrected chi connectivity index (χ3v) is 8.23. The van der Waals surface area contributed by atoms with Crippen molar-refractivity contribution in [2.24, 2.45) is 5.92 Å². The van der Waals surface area contributed by atoms with E-state index in [1.54, 1.807) is 12.1 Å². The predicted octanol–water partition coefficient (Wildman–Crippen LogP) is 4.40. The summed E-state index contributed by atoms with van der Waals surface area (Å²) in [6.45, 7) is 0.729. The normalized spacial score (nSPS) is 18.8. The molecule has 3 aliphatic rings. The molecule has 1 aromatic heterocycles. The molecule has 39 heavy (non-hydrogen) atoms. The lowest BCUT2D eigenvalue weighted by molar-refractivity contribution is -0.137. The van der Waals surface area contributed by atoms with Gasteiger partial charge in [0.25, 0.3) is 11.8 Å². The Balaban J connectivity index is 1.38. The molecule has 1 saturated heterocycles. The van der Waals surface area contributed by atoms with Gasteiger partial charge in [-0.15, -0.1) is 11.3 Å². The quantitative estimate of drug-likeness (QED) is 0.432. The molecule has 5 rings (SSSR count). The predicted molar refractivity (Wildman–Crippen MR) is 141 cm³/mol. The van der Waals surface area contributed by atoms with Crippen LogP contribution in [0, 0.1) is 5.92 Å². The highest BCUT2D eigenvalue weighted by Crippen LogP contribution is 2.39. The van der Waals surface area contributed by atoms with Gasteiger partial charge in [-0.25, -0.2) is 0 Å². The van der Waals surface area contributed by atoms with Gasteiger partial charge in [0, 0.05) is 31.4 Å². The number of benzene rings is 1. The van der Waals surface area contributed by atoms with Crippen molar-refractivity contribution >= 4 is 52.0 Å². The molecule has 8 nitrogen and oxygen atoms in total. The van der Waals surface area contributed by atoms with E-state index in [0.29, 0.717) is 21.7 Å². The number of nitrogens with one attached hydrogen (secondary N) is 2. The largest absolute Gasteiger partial charge is 0.418 e. The van der Waals surface area contributed by atoms with Gasteiger partial charge in [0.2, 0.25) is 5.91 Å². The molecule has 1 aromatic carbocycles. The summed E-state index contributed by atoms with van der Waals surface area (Å²) in [5, 5.41) is 5.25. The number of morpholine rings is 1. The number of hydrogen-bond acceptors (Lipinski definition) is 6. The van der Waals surface area contributed by atoms with Crippen LogP contribution in [0.25, 0.3) is 0 Å². The number of nitrogens with zero attached hydrogens (tertiary/aromatic N) is 2. The second-order valence-corrected chi connectivity index (χ2v) is 11.7. The SMILES string of the molecule is O=C(NC[C@H](C(=O)Nc1ccc(N2CCOCC2=O)cc1C(F)(F)F)N(CC1CC1)C1CC1)c1ccc(Cl)s1. The van der Waals surface area contributed by atoms with Crippen molar-refractivity contribution in [3.63, 3.8) is 0 Å². The molecule has 0 bridgehead atoms. The zero-order valence-electron chi connectivity index (χ0n) is 20.9. The van der Waals surface area contributed by atoms with Gasteiger partial charge in [0.1, 0.15) is 12.6 Å². The molecule has 0 radical (unpaired) electrons. The van der Waals surface area contributed by atoms with Crippen molar-refractivity contribution in [1.29, 1.82) is 0 Å². The fourth-order valence-electron chi connectivity index (χ4n) is 4.66. The maximum atomic E-state index is 14.1. The molecule has 2 N–H and O–H groups in total. The summed E-state index contributed by atoms with van der Waals surface area (Å²) in [5.41, 5.74) is -1.37. The van der Waals surface area contributed by atoms with E-state index < -0.39 is 41.2 Å². The zero-order valence-corrected chi connectivity index (χ0v) is 22.5. The molecule has 3 fully saturated rings. The van der Waals surface area contributed by atoms with Gasteiger partial charge in [-0.1, -0.05) is 11.6 Å². The van der Waals surface area contributed by atoms with Crippen molar-refractivity contribution in [2.45, 2.75) is 43.9 Å². The van der Waals surface area contributed by atoms with Gasteiger partial charge in [-0.2, -0.15) is 13.2 Å². The Morgan fingerprint density at radius 2 is 1.95 bits per heavy atom. The fraction of sp³-hybridized carbons (Fsp3) is 0.500. The number of ether oxygens (including phenoxy) is 1. The molecule has 2 saturated carbocycles. The number of carbonyl (C=O) groups excluding carboxylic acids is 3. The maximum Gasteiger partial charge on any atom is 0.418 e. The lowest BCUT2D eigenvalue weighted by Gasteiger charge is -2.32. The number of hydrogen-bond donors (Lipinski definition) is 2. The van der Waals surface area contributed by atoms with Gasteiger partial charge in [-0.05, 0) is 61.9 Å². The van der Waals surface area contributed by atoms with Gasteiger partial charge in [-0.3, -0.25) is 19.3 Å². The van der Waals surface area contributed by atoms with Gasteiger partial charge in [0.15, 0.2) is 0 Å². The van der Waals surface area contributed by atoms with E-state index in [1.807, 2.05) is 4.90 Å². The Kier molecular flexibility index (Phi) is 8.18. The molecule has 1 atom stereocenters. The average Bonchev–Trinajstić information content (AvgIpc) is 3.82. The number of alkyl halides is 3. The van der Waals surface area contributed by atoms with Crippen molar-refractivity contribution in [1.82, 2.24) is 10.2 Å². The lowest BCUT2D eigenvalue weighted by atomic mass is 10.1. The third-order valence-electron chi connectivity index (χ3n) is 7.00. The first-order valence-electron chi connectivity index (χ1n) is 12.8. The number of amides is 3. The van der Waals surface area contributed by atoms with Crippen molar-refractivity contribution in [3.05, 3.63) is 45.1 Å². The first-order valence-corrected chi connectivity index (χ1v) is 14.0. The summed E-state index contributed by atoms with van der Waals surface area (Å²) in [6, 6.07) is 5.89. The molecular formula is C26H28ClF3N4O4S. The lowest BCUT2D eigenvalue weighted by Crippen LogP contribution is -2.52. The molecule has 210 valence electrons. The third kappa shape index (κ3) is 6.92. The number of carbonyl (C=O) groups is 3. The van der Waals surface area contributed by atoms with Crippen LogP contribution in [0.15, 0.2) is 30.3 Å². The Labute approximate surface area is 232 Å². The van der Waals surface area contributed by atoms with Gasteiger partial charge in [0.05, 0.1) is 27.1 Å². The summed E-state index contributed by atoms with van der Waals surface area (Å²) in [5.74, 6) is -1.03. The van der Waals surface area contributed by atoms with Crippen molar-refractivity contribution in [2.75, 3.05) is 43.1 Å². The molecule has 2 aromatic rings. The molecule has 2 heterocycles. The van der Waals surface area contributed by atoms with E-state index in [1.165, 1.54) is 17.0 Å². The minimum absolute atomic E-state index is 0.0644. The van der Waals surface area contributed by atoms with E-state index >= 15 is 0 Å². The molecular weight excluding hydrogens is 557 g/mol. The first kappa shape index (κ1) is 27.9. The highest BCUT2D eigenvalue weighted by atomic mass is 35.5. The Morgan fingerprint density at radius 1 is 1.18 bits per heavy atom. The van der Waals surface area contributed by atoms with E-state index in [4.69, 9.17) is 16.3 Å². The minimum Gasteiger partial charge on any atom is -0.370 e. The second kappa shape index (κ2) is 11.4. The molecule has 2 aliphatic carbocycles. The van der Waals surface area contributed by atoms with Gasteiger partial charge < -0.3 is 20.3 Å². The second-order valence-electron chi connectivity index (χ2n) is 10.0. The van der Waals surface area contributed by atoms with Crippen LogP contribution in [0.1, 0.15) is 40.9 Å². The molecule has 3 amide bonds. The van der Waals surface area contributed by atoms with Crippen LogP contribution in [0.3, 0.4) is 0 Å². The smallest absolute Gasteiger partial charge is 0.370 e. The zero-order chi connectivity index (χ0) is 27.7. The fourth-order valence-corrected chi connectivity index (χ4v) is 5.62. The summed E-state index contributed by atoms with van der Waals surface area (Å²) in [7, 11) is 0. The topological polar surface area (TPSA) is 91.0 Å². The summed E-state index contributed by atoms with van der Waals surface area (Å²) >= 11 is 7.04. The van der Waals surface area contributed by atoms with Crippen molar-refractivity contribution < 1.29 is 32.3 Å². The number of anilines is 2. The average molecular weight is 585 g/mol. The van der Waals surface area contributed by atoms with E-state index in [2.05, 4.69) is 10.6 Å². The first-order chi connectivity index (χ1) is 18.6. The van der Waals surface area contributed by atoms with Crippen LogP contribution < -0.4 is 15.5 Å². The van der Waals surface area contributed by atoms with E-state index in [9.17, 15) is 27.6 Å². The van der Waals surface area contributed by atoms with E-state index in [-0.39, 0.29) is 38.0 Å². The minimum atomic E-state index is -4.78. The monoisotopic (exact) mass is 584 g/mol. The highest BCUT2D eigenvalue weighted by Gasteiger charge is 2.41. The molecule has 1 aliphatic heterocycles. The number of thiophene rings is 1. The number of rotatable bonds is 10. The number of halogens is 4. The van der Waals surface area contributed by atoms with Crippen LogP contribution in [0.5, 0.6) is 0 Å². The highest BCUT2D eigenvalue weighted by molar-refractivity contribution is 7.18. The maximum absolute atomic E-state index is 14.1. The van der Waals surface area contributed by atoms with Crippen LogP contribution in [-0.2, 0) is 20.5 Å². The van der Waals surface area contributed by atoms with Crippen LogP contribution in [-0.4, -0.2) is 67.6 Å².